The molecule has 154 valence electrons. The second-order valence-electron chi connectivity index (χ2n) is 7.64. The smallest absolute Gasteiger partial charge is 0.239 e. The first-order valence-corrected chi connectivity index (χ1v) is 10.7. The summed E-state index contributed by atoms with van der Waals surface area (Å²) in [4.78, 5) is 16.1. The summed E-state index contributed by atoms with van der Waals surface area (Å²) in [6, 6.07) is 26.3. The number of nitrogens with zero attached hydrogens (tertiary/aromatic N) is 1. The summed E-state index contributed by atoms with van der Waals surface area (Å²) in [5.41, 5.74) is 5.40. The van der Waals surface area contributed by atoms with Gasteiger partial charge in [-0.15, -0.1) is 0 Å². The Bertz CT molecular complexity index is 1370. The Morgan fingerprint density at radius 3 is 2.65 bits per heavy atom. The number of para-hydroxylation sites is 1. The highest BCUT2D eigenvalue weighted by atomic mass is 35.5. The summed E-state index contributed by atoms with van der Waals surface area (Å²) >= 11 is 6.14. The van der Waals surface area contributed by atoms with E-state index >= 15 is 0 Å². The van der Waals surface area contributed by atoms with Gasteiger partial charge in [0.25, 0.3) is 0 Å². The van der Waals surface area contributed by atoms with E-state index in [0.717, 1.165) is 45.0 Å². The Morgan fingerprint density at radius 2 is 1.77 bits per heavy atom. The lowest BCUT2D eigenvalue weighted by Crippen LogP contribution is -2.29. The minimum absolute atomic E-state index is 0.00333. The number of hydrogen-bond acceptors (Lipinski definition) is 1. The van der Waals surface area contributed by atoms with Crippen LogP contribution in [0.3, 0.4) is 0 Å². The molecule has 0 radical (unpaired) electrons. The lowest BCUT2D eigenvalue weighted by atomic mass is 10.1. The summed E-state index contributed by atoms with van der Waals surface area (Å²) in [5, 5.41) is 6.02. The normalized spacial score (nSPS) is 11.3. The molecular weight excluding hydrogens is 406 g/mol. The van der Waals surface area contributed by atoms with Crippen molar-refractivity contribution in [3.8, 4) is 11.3 Å². The Balaban J connectivity index is 1.33. The van der Waals surface area contributed by atoms with Gasteiger partial charge in [-0.05, 0) is 47.9 Å². The van der Waals surface area contributed by atoms with Gasteiger partial charge in [0.05, 0.1) is 0 Å². The van der Waals surface area contributed by atoms with Crippen LogP contribution in [0, 0.1) is 0 Å². The second-order valence-corrected chi connectivity index (χ2v) is 8.08. The van der Waals surface area contributed by atoms with Gasteiger partial charge >= 0.3 is 0 Å². The van der Waals surface area contributed by atoms with Gasteiger partial charge < -0.3 is 14.9 Å². The van der Waals surface area contributed by atoms with Crippen LogP contribution in [0.5, 0.6) is 0 Å². The summed E-state index contributed by atoms with van der Waals surface area (Å²) in [6.45, 7) is 0.843. The molecule has 0 saturated carbocycles. The predicted molar refractivity (Wildman–Crippen MR) is 127 cm³/mol. The molecule has 1 amide bonds. The van der Waals surface area contributed by atoms with Crippen LogP contribution in [-0.4, -0.2) is 22.0 Å². The third kappa shape index (κ3) is 3.94. The maximum Gasteiger partial charge on any atom is 0.239 e. The van der Waals surface area contributed by atoms with E-state index in [1.807, 2.05) is 54.7 Å². The summed E-state index contributed by atoms with van der Waals surface area (Å²) in [6.07, 6.45) is 2.73. The van der Waals surface area contributed by atoms with Gasteiger partial charge in [0.2, 0.25) is 5.91 Å². The van der Waals surface area contributed by atoms with Crippen molar-refractivity contribution >= 4 is 39.3 Å². The highest BCUT2D eigenvalue weighted by Crippen LogP contribution is 2.28. The SMILES string of the molecule is O=C(Cn1c(-c2ccccc2)cc2ccccc21)NCCc1c[nH]c2ccc(Cl)cc12. The maximum atomic E-state index is 12.8. The number of nitrogens with one attached hydrogen (secondary N) is 2. The van der Waals surface area contributed by atoms with E-state index in [-0.39, 0.29) is 12.5 Å². The van der Waals surface area contributed by atoms with Crippen LogP contribution >= 0.6 is 11.6 Å². The quantitative estimate of drug-likeness (QED) is 0.353. The highest BCUT2D eigenvalue weighted by Gasteiger charge is 2.13. The van der Waals surface area contributed by atoms with Crippen LogP contribution in [0.2, 0.25) is 5.02 Å². The Kier molecular flexibility index (Phi) is 5.23. The third-order valence-electron chi connectivity index (χ3n) is 5.63. The molecule has 0 aliphatic heterocycles. The van der Waals surface area contributed by atoms with Gasteiger partial charge in [-0.3, -0.25) is 4.79 Å². The van der Waals surface area contributed by atoms with Crippen LogP contribution in [0.1, 0.15) is 5.56 Å². The number of halogens is 1. The molecule has 5 rings (SSSR count). The monoisotopic (exact) mass is 427 g/mol. The van der Waals surface area contributed by atoms with E-state index in [9.17, 15) is 4.79 Å². The Hall–Kier alpha value is -3.50. The average molecular weight is 428 g/mol. The Morgan fingerprint density at radius 1 is 0.968 bits per heavy atom. The fourth-order valence-corrected chi connectivity index (χ4v) is 4.29. The largest absolute Gasteiger partial charge is 0.361 e. The van der Waals surface area contributed by atoms with E-state index in [4.69, 9.17) is 11.6 Å². The van der Waals surface area contributed by atoms with Crippen molar-refractivity contribution in [2.45, 2.75) is 13.0 Å². The molecule has 2 heterocycles. The average Bonchev–Trinajstić information content (AvgIpc) is 3.36. The fraction of sp³-hybridized carbons (Fsp3) is 0.115. The molecule has 2 N–H and O–H groups in total. The molecule has 4 nitrogen and oxygen atoms in total. The third-order valence-corrected chi connectivity index (χ3v) is 5.86. The van der Waals surface area contributed by atoms with Crippen LogP contribution in [0.15, 0.2) is 85.1 Å². The van der Waals surface area contributed by atoms with E-state index in [1.54, 1.807) is 0 Å². The lowest BCUT2D eigenvalue weighted by Gasteiger charge is -2.11. The molecule has 3 aromatic carbocycles. The minimum atomic E-state index is -0.00333. The van der Waals surface area contributed by atoms with Crippen molar-refractivity contribution in [1.29, 1.82) is 0 Å². The van der Waals surface area contributed by atoms with Gasteiger partial charge in [-0.2, -0.15) is 0 Å². The van der Waals surface area contributed by atoms with E-state index < -0.39 is 0 Å². The predicted octanol–water partition coefficient (Wildman–Crippen LogP) is 5.80. The number of fused-ring (bicyclic) bond motifs is 2. The van der Waals surface area contributed by atoms with Gasteiger partial charge in [0, 0.05) is 45.3 Å². The topological polar surface area (TPSA) is 49.8 Å². The zero-order valence-electron chi connectivity index (χ0n) is 16.9. The molecule has 0 atom stereocenters. The van der Waals surface area contributed by atoms with Crippen molar-refractivity contribution in [1.82, 2.24) is 14.9 Å². The number of amides is 1. The van der Waals surface area contributed by atoms with E-state index in [0.29, 0.717) is 11.6 Å². The molecule has 0 spiro atoms. The molecule has 0 fully saturated rings. The van der Waals surface area contributed by atoms with Crippen LogP contribution in [0.4, 0.5) is 0 Å². The molecule has 0 aliphatic rings. The number of carbonyl (C=O) groups is 1. The number of aromatic nitrogens is 2. The summed E-state index contributed by atoms with van der Waals surface area (Å²) in [5.74, 6) is -0.00333. The van der Waals surface area contributed by atoms with Gasteiger partial charge in [-0.25, -0.2) is 0 Å². The molecule has 0 unspecified atom stereocenters. The number of H-pyrrole nitrogens is 1. The van der Waals surface area contributed by atoms with Crippen LogP contribution in [0.25, 0.3) is 33.1 Å². The lowest BCUT2D eigenvalue weighted by molar-refractivity contribution is -0.121. The molecule has 2 aromatic heterocycles. The molecule has 5 heteroatoms. The van der Waals surface area contributed by atoms with Crippen molar-refractivity contribution < 1.29 is 4.79 Å². The first-order valence-electron chi connectivity index (χ1n) is 10.3. The van der Waals surface area contributed by atoms with Crippen molar-refractivity contribution in [2.75, 3.05) is 6.54 Å². The molecular formula is C26H22ClN3O. The zero-order chi connectivity index (χ0) is 21.2. The number of aromatic amines is 1. The molecule has 0 saturated heterocycles. The Labute approximate surface area is 185 Å². The fourth-order valence-electron chi connectivity index (χ4n) is 4.12. The molecule has 0 bridgehead atoms. The maximum absolute atomic E-state index is 12.8. The van der Waals surface area contributed by atoms with Crippen LogP contribution < -0.4 is 5.32 Å². The van der Waals surface area contributed by atoms with Gasteiger partial charge in [0.15, 0.2) is 0 Å². The standard InChI is InChI=1S/C26H22ClN3O/c27-21-10-11-23-22(15-21)20(16-29-23)12-13-28-26(31)17-30-24-9-5-4-8-19(24)14-25(30)18-6-2-1-3-7-18/h1-11,14-16,29H,12-13,17H2,(H,28,31). The minimum Gasteiger partial charge on any atom is -0.361 e. The van der Waals surface area contributed by atoms with E-state index in [2.05, 4.69) is 45.2 Å². The molecule has 31 heavy (non-hydrogen) atoms. The summed E-state index contributed by atoms with van der Waals surface area (Å²) < 4.78 is 2.09. The highest BCUT2D eigenvalue weighted by molar-refractivity contribution is 6.31. The van der Waals surface area contributed by atoms with Crippen molar-refractivity contribution in [2.24, 2.45) is 0 Å². The van der Waals surface area contributed by atoms with Crippen molar-refractivity contribution in [3.63, 3.8) is 0 Å². The van der Waals surface area contributed by atoms with Gasteiger partial charge in [-0.1, -0.05) is 60.1 Å². The van der Waals surface area contributed by atoms with E-state index in [1.165, 1.54) is 0 Å². The number of benzene rings is 3. The zero-order valence-corrected chi connectivity index (χ0v) is 17.7. The first-order chi connectivity index (χ1) is 15.2. The number of rotatable bonds is 6. The second kappa shape index (κ2) is 8.32. The first kappa shape index (κ1) is 19.5. The van der Waals surface area contributed by atoms with Crippen LogP contribution in [-0.2, 0) is 17.8 Å². The van der Waals surface area contributed by atoms with Gasteiger partial charge in [0.1, 0.15) is 6.54 Å². The number of hydrogen-bond donors (Lipinski definition) is 2. The number of carbonyl (C=O) groups excluding carboxylic acids is 1. The molecule has 5 aromatic rings. The summed E-state index contributed by atoms with van der Waals surface area (Å²) in [7, 11) is 0. The molecule has 0 aliphatic carbocycles. The van der Waals surface area contributed by atoms with Crippen molar-refractivity contribution in [3.05, 3.63) is 95.6 Å².